The molecule has 22 heteroatoms. The zero-order valence-corrected chi connectivity index (χ0v) is 24.1. The van der Waals surface area contributed by atoms with Crippen molar-refractivity contribution in [3.8, 4) is 12.3 Å². The van der Waals surface area contributed by atoms with E-state index in [0.29, 0.717) is 11.2 Å². The third-order valence-corrected chi connectivity index (χ3v) is 8.76. The number of H-pyrrole nitrogens is 1. The average Bonchev–Trinajstić information content (AvgIpc) is 3.74. The van der Waals surface area contributed by atoms with Gasteiger partial charge in [-0.3, -0.25) is 18.9 Å². The van der Waals surface area contributed by atoms with Gasteiger partial charge in [-0.05, 0) is 18.2 Å². The molecule has 8 N–H and O–H groups in total. The first kappa shape index (κ1) is 30.3. The first-order valence-corrected chi connectivity index (χ1v) is 15.5. The second-order valence-corrected chi connectivity index (χ2v) is 12.7. The SMILES string of the molecule is C#C[C@]1(COP(O)(=S)O[C@@H]2[C@@H](F)[C@@H](CCO)O[C@H]2n2nnc3c(=O)[nH]c(N)nc32)O[C@@H](n2cnc3c(N)ncnc32)C[C@@H]1O. The number of aromatic nitrogens is 9. The molecule has 19 nitrogen and oxygen atoms in total. The molecule has 8 atom stereocenters. The number of nitrogen functional groups attached to an aromatic ring is 2. The third kappa shape index (κ3) is 5.19. The number of ether oxygens (including phenoxy) is 2. The van der Waals surface area contributed by atoms with Crippen LogP contribution in [0.3, 0.4) is 0 Å². The Kier molecular flexibility index (Phi) is 7.81. The van der Waals surface area contributed by atoms with Gasteiger partial charge in [0.25, 0.3) is 5.56 Å². The maximum atomic E-state index is 15.6. The van der Waals surface area contributed by atoms with Crippen LogP contribution in [0.1, 0.15) is 25.3 Å². The van der Waals surface area contributed by atoms with Gasteiger partial charge >= 0.3 is 6.72 Å². The summed E-state index contributed by atoms with van der Waals surface area (Å²) in [5.74, 6) is 2.23. The smallest absolute Gasteiger partial charge is 0.325 e. The maximum Gasteiger partial charge on any atom is 0.325 e. The first-order chi connectivity index (χ1) is 21.0. The molecule has 2 aliphatic rings. The van der Waals surface area contributed by atoms with E-state index in [4.69, 9.17) is 48.2 Å². The van der Waals surface area contributed by atoms with E-state index in [9.17, 15) is 19.9 Å². The Balaban J connectivity index is 1.22. The van der Waals surface area contributed by atoms with Gasteiger partial charge in [0.05, 0.1) is 19.0 Å². The van der Waals surface area contributed by atoms with E-state index in [1.165, 1.54) is 17.2 Å². The number of anilines is 2. The molecule has 0 saturated carbocycles. The molecule has 44 heavy (non-hydrogen) atoms. The molecule has 2 saturated heterocycles. The first-order valence-electron chi connectivity index (χ1n) is 12.9. The van der Waals surface area contributed by atoms with Gasteiger partial charge in [-0.15, -0.1) is 11.5 Å². The maximum absolute atomic E-state index is 15.6. The van der Waals surface area contributed by atoms with Crippen molar-refractivity contribution >= 4 is 52.6 Å². The van der Waals surface area contributed by atoms with E-state index in [1.54, 1.807) is 0 Å². The summed E-state index contributed by atoms with van der Waals surface area (Å²) in [6, 6.07) is 0. The molecule has 0 bridgehead atoms. The van der Waals surface area contributed by atoms with Crippen LogP contribution in [-0.2, 0) is 30.3 Å². The lowest BCUT2D eigenvalue weighted by molar-refractivity contribution is -0.0892. The van der Waals surface area contributed by atoms with Crippen LogP contribution < -0.4 is 17.0 Å². The summed E-state index contributed by atoms with van der Waals surface area (Å²) >= 11 is 5.18. The molecule has 0 aromatic carbocycles. The van der Waals surface area contributed by atoms with Crippen molar-refractivity contribution in [3.63, 3.8) is 0 Å². The Bertz CT molecular complexity index is 1870. The molecule has 1 unspecified atom stereocenters. The molecule has 0 aliphatic carbocycles. The average molecular weight is 654 g/mol. The van der Waals surface area contributed by atoms with Gasteiger partial charge < -0.3 is 40.6 Å². The molecule has 6 rings (SSSR count). The van der Waals surface area contributed by atoms with E-state index in [2.05, 4.69) is 41.2 Å². The van der Waals surface area contributed by atoms with E-state index in [0.717, 1.165) is 4.68 Å². The number of nitrogens with two attached hydrogens (primary N) is 2. The zero-order valence-electron chi connectivity index (χ0n) is 22.4. The van der Waals surface area contributed by atoms with Crippen LogP contribution in [0.4, 0.5) is 16.2 Å². The van der Waals surface area contributed by atoms with Crippen LogP contribution in [0.15, 0.2) is 17.4 Å². The third-order valence-electron chi connectivity index (χ3n) is 7.22. The number of hydrogen-bond acceptors (Lipinski definition) is 16. The highest BCUT2D eigenvalue weighted by molar-refractivity contribution is 8.07. The fraction of sp³-hybridized carbons (Fsp3) is 0.500. The number of nitrogens with one attached hydrogen (secondary N) is 1. The minimum atomic E-state index is -4.37. The van der Waals surface area contributed by atoms with Crippen molar-refractivity contribution in [3.05, 3.63) is 23.0 Å². The largest absolute Gasteiger partial charge is 0.396 e. The van der Waals surface area contributed by atoms with Crippen LogP contribution in [0.25, 0.3) is 22.3 Å². The van der Waals surface area contributed by atoms with E-state index < -0.39 is 68.0 Å². The predicted octanol–water partition coefficient (Wildman–Crippen LogP) is -1.59. The number of hydrogen-bond donors (Lipinski definition) is 6. The van der Waals surface area contributed by atoms with Crippen LogP contribution in [-0.4, -0.2) is 103 Å². The van der Waals surface area contributed by atoms with Crippen molar-refractivity contribution in [2.24, 2.45) is 0 Å². The molecule has 0 amide bonds. The molecule has 2 fully saturated rings. The van der Waals surface area contributed by atoms with E-state index in [1.807, 2.05) is 0 Å². The van der Waals surface area contributed by atoms with Crippen LogP contribution in [0.5, 0.6) is 0 Å². The van der Waals surface area contributed by atoms with Crippen molar-refractivity contribution in [1.29, 1.82) is 0 Å². The molecule has 4 aromatic rings. The zero-order chi connectivity index (χ0) is 31.4. The Morgan fingerprint density at radius 2 is 2.11 bits per heavy atom. The highest BCUT2D eigenvalue weighted by Crippen LogP contribution is 2.52. The molecular weight excluding hydrogens is 628 g/mol. The Labute approximate surface area is 250 Å². The highest BCUT2D eigenvalue weighted by atomic mass is 32.5. The standard InChI is InChI=1S/C22H25FN11O8PS/c1-2-22(10(36)5-11(41-22)33-8-28-13-16(24)26-7-27-17(13)33)6-39-43(38,44)42-15-12(23)9(3-4-35)40-20(15)34-18-14(31-32-34)19(37)30-21(25)29-18/h1,7-12,15,20,35-36H,3-6H2,(H,38,44)(H2,24,26,27)(H3,25,29,30,37)/t9-,10+,11-,12+,15-,20-,22-,43?/m1/s1. The molecule has 234 valence electrons. The molecule has 4 aromatic heterocycles. The second-order valence-electron chi connectivity index (χ2n) is 9.93. The summed E-state index contributed by atoms with van der Waals surface area (Å²) in [5, 5.41) is 27.9. The van der Waals surface area contributed by atoms with Crippen LogP contribution >= 0.6 is 6.72 Å². The number of rotatable bonds is 9. The molecule has 0 spiro atoms. The molecule has 6 heterocycles. The number of aromatic amines is 1. The molecule has 0 radical (unpaired) electrons. The fourth-order valence-electron chi connectivity index (χ4n) is 5.06. The number of halogens is 1. The van der Waals surface area contributed by atoms with Crippen molar-refractivity contribution in [2.45, 2.75) is 55.4 Å². The summed E-state index contributed by atoms with van der Waals surface area (Å²) in [6.45, 7) is -5.47. The van der Waals surface area contributed by atoms with Crippen LogP contribution in [0, 0.1) is 12.3 Å². The summed E-state index contributed by atoms with van der Waals surface area (Å²) in [6.07, 6.45) is -0.330. The van der Waals surface area contributed by atoms with E-state index in [-0.39, 0.29) is 35.8 Å². The number of aliphatic hydroxyl groups excluding tert-OH is 2. The van der Waals surface area contributed by atoms with Crippen molar-refractivity contribution in [1.82, 2.24) is 44.5 Å². The molecular formula is C22H25FN11O8PS. The Hall–Kier alpha value is -3.71. The number of fused-ring (bicyclic) bond motifs is 2. The summed E-state index contributed by atoms with van der Waals surface area (Å²) in [5.41, 5.74) is 9.24. The van der Waals surface area contributed by atoms with Crippen molar-refractivity contribution in [2.75, 3.05) is 24.7 Å². The molecule has 2 aliphatic heterocycles. The number of aliphatic hydroxyl groups is 2. The summed E-state index contributed by atoms with van der Waals surface area (Å²) < 4.78 is 40.9. The number of terminal acetylenes is 1. The van der Waals surface area contributed by atoms with Gasteiger partial charge in [0, 0.05) is 13.0 Å². The monoisotopic (exact) mass is 653 g/mol. The summed E-state index contributed by atoms with van der Waals surface area (Å²) in [7, 11) is 0. The Morgan fingerprint density at radius 1 is 1.32 bits per heavy atom. The van der Waals surface area contributed by atoms with Crippen molar-refractivity contribution < 1.29 is 38.0 Å². The normalized spacial score (nSPS) is 30.2. The lowest BCUT2D eigenvalue weighted by Crippen LogP contribution is -2.42. The van der Waals surface area contributed by atoms with Gasteiger partial charge in [-0.25, -0.2) is 19.3 Å². The lowest BCUT2D eigenvalue weighted by atomic mass is 9.99. The Morgan fingerprint density at radius 3 is 2.86 bits per heavy atom. The van der Waals surface area contributed by atoms with Gasteiger partial charge in [0.1, 0.15) is 30.3 Å². The second kappa shape index (κ2) is 11.3. The van der Waals surface area contributed by atoms with Crippen LogP contribution in [0.2, 0.25) is 0 Å². The quantitative estimate of drug-likeness (QED) is 0.0877. The number of nitrogens with zero attached hydrogens (tertiary/aromatic N) is 8. The minimum Gasteiger partial charge on any atom is -0.396 e. The predicted molar refractivity (Wildman–Crippen MR) is 150 cm³/mol. The fourth-order valence-corrected chi connectivity index (χ4v) is 6.46. The van der Waals surface area contributed by atoms with Gasteiger partial charge in [0.15, 0.2) is 40.6 Å². The van der Waals surface area contributed by atoms with Gasteiger partial charge in [0.2, 0.25) is 5.95 Å². The lowest BCUT2D eigenvalue weighted by Gasteiger charge is -2.30. The van der Waals surface area contributed by atoms with E-state index >= 15 is 4.39 Å². The van der Waals surface area contributed by atoms with Gasteiger partial charge in [-0.1, -0.05) is 11.1 Å². The summed E-state index contributed by atoms with van der Waals surface area (Å²) in [4.78, 5) is 41.7. The number of imidazole rings is 1. The highest BCUT2D eigenvalue weighted by Gasteiger charge is 2.52. The van der Waals surface area contributed by atoms with Gasteiger partial charge in [-0.2, -0.15) is 9.67 Å². The minimum absolute atomic E-state index is 0.0271. The topological polar surface area (TPSA) is 270 Å². The number of alkyl halides is 1.